The topological polar surface area (TPSA) is 36.9 Å². The van der Waals surface area contributed by atoms with Gasteiger partial charge in [-0.1, -0.05) is 23.7 Å². The lowest BCUT2D eigenvalue weighted by Gasteiger charge is -2.26. The van der Waals surface area contributed by atoms with Crippen molar-refractivity contribution in [3.8, 4) is 0 Å². The Morgan fingerprint density at radius 3 is 2.80 bits per heavy atom. The van der Waals surface area contributed by atoms with Crippen LogP contribution in [0, 0.1) is 5.41 Å². The van der Waals surface area contributed by atoms with Gasteiger partial charge in [0.05, 0.1) is 6.61 Å². The van der Waals surface area contributed by atoms with Gasteiger partial charge in [-0.25, -0.2) is 0 Å². The average molecular weight is 476 g/mol. The second kappa shape index (κ2) is 7.61. The minimum atomic E-state index is 0. The molecule has 0 radical (unpaired) electrons. The van der Waals surface area contributed by atoms with Crippen molar-refractivity contribution in [2.45, 2.75) is 31.1 Å². The Balaban J connectivity index is 0.00000182. The highest BCUT2D eigenvalue weighted by Crippen LogP contribution is 2.48. The Morgan fingerprint density at radius 2 is 2.16 bits per heavy atom. The van der Waals surface area contributed by atoms with E-state index in [1.54, 1.807) is 0 Å². The Morgan fingerprint density at radius 1 is 1.32 bits per heavy atom. The molecule has 1 aromatic carbocycles. The third-order valence-electron chi connectivity index (χ3n) is 6.01. The predicted octanol–water partition coefficient (Wildman–Crippen LogP) is 3.68. The Labute approximate surface area is 172 Å². The molecule has 1 spiro atoms. The number of rotatable bonds is 3. The normalized spacial score (nSPS) is 27.4. The summed E-state index contributed by atoms with van der Waals surface area (Å²) in [7, 11) is 1.89. The van der Waals surface area contributed by atoms with E-state index in [-0.39, 0.29) is 29.4 Å². The summed E-state index contributed by atoms with van der Waals surface area (Å²) in [6, 6.07) is 8.31. The van der Waals surface area contributed by atoms with Gasteiger partial charge in [0, 0.05) is 49.1 Å². The molecule has 1 unspecified atom stereocenters. The highest BCUT2D eigenvalue weighted by molar-refractivity contribution is 14.0. The van der Waals surface area contributed by atoms with E-state index in [0.717, 1.165) is 43.8 Å². The zero-order valence-electron chi connectivity index (χ0n) is 14.8. The zero-order chi connectivity index (χ0) is 16.6. The van der Waals surface area contributed by atoms with Gasteiger partial charge in [0.2, 0.25) is 0 Å². The molecule has 4 rings (SSSR count). The molecule has 4 nitrogen and oxygen atoms in total. The smallest absolute Gasteiger partial charge is 0.193 e. The van der Waals surface area contributed by atoms with Crippen molar-refractivity contribution in [2.75, 3.05) is 39.9 Å². The monoisotopic (exact) mass is 475 g/mol. The molecule has 0 bridgehead atoms. The van der Waals surface area contributed by atoms with E-state index < -0.39 is 0 Å². The van der Waals surface area contributed by atoms with E-state index in [4.69, 9.17) is 16.3 Å². The summed E-state index contributed by atoms with van der Waals surface area (Å²) in [5.41, 5.74) is 1.94. The molecule has 2 heterocycles. The molecule has 1 aromatic rings. The van der Waals surface area contributed by atoms with Crippen molar-refractivity contribution in [2.24, 2.45) is 10.4 Å². The van der Waals surface area contributed by atoms with Gasteiger partial charge in [0.15, 0.2) is 5.96 Å². The van der Waals surface area contributed by atoms with Gasteiger partial charge < -0.3 is 15.0 Å². The second-order valence-electron chi connectivity index (χ2n) is 7.67. The summed E-state index contributed by atoms with van der Waals surface area (Å²) in [4.78, 5) is 6.94. The molecular formula is C19H27ClIN3O. The van der Waals surface area contributed by atoms with Crippen molar-refractivity contribution >= 4 is 41.5 Å². The fourth-order valence-corrected chi connectivity index (χ4v) is 4.39. The van der Waals surface area contributed by atoms with E-state index >= 15 is 0 Å². The van der Waals surface area contributed by atoms with Crippen molar-refractivity contribution < 1.29 is 4.74 Å². The summed E-state index contributed by atoms with van der Waals surface area (Å²) in [5, 5.41) is 4.46. The van der Waals surface area contributed by atoms with Crippen LogP contribution in [0.2, 0.25) is 5.02 Å². The number of nitrogens with one attached hydrogen (secondary N) is 1. The lowest BCUT2D eigenvalue weighted by molar-refractivity contribution is 0.156. The quantitative estimate of drug-likeness (QED) is 0.412. The highest BCUT2D eigenvalue weighted by atomic mass is 127. The number of ether oxygens (including phenoxy) is 1. The van der Waals surface area contributed by atoms with E-state index in [2.05, 4.69) is 33.4 Å². The molecule has 2 aliphatic heterocycles. The van der Waals surface area contributed by atoms with Gasteiger partial charge in [0.25, 0.3) is 0 Å². The van der Waals surface area contributed by atoms with Crippen molar-refractivity contribution in [3.63, 3.8) is 0 Å². The summed E-state index contributed by atoms with van der Waals surface area (Å²) in [6.45, 7) is 4.90. The van der Waals surface area contributed by atoms with Crippen LogP contribution in [0.1, 0.15) is 31.2 Å². The lowest BCUT2D eigenvalue weighted by atomic mass is 9.87. The summed E-state index contributed by atoms with van der Waals surface area (Å²) in [5.74, 6) is 1.03. The van der Waals surface area contributed by atoms with Crippen LogP contribution in [0.4, 0.5) is 0 Å². The first kappa shape index (κ1) is 19.2. The number of nitrogens with zero attached hydrogens (tertiary/aromatic N) is 2. The molecule has 6 heteroatoms. The fourth-order valence-electron chi connectivity index (χ4n) is 4.20. The van der Waals surface area contributed by atoms with E-state index in [0.29, 0.717) is 5.41 Å². The third-order valence-corrected chi connectivity index (χ3v) is 6.25. The van der Waals surface area contributed by atoms with Crippen molar-refractivity contribution in [3.05, 3.63) is 34.9 Å². The van der Waals surface area contributed by atoms with E-state index in [9.17, 15) is 0 Å². The van der Waals surface area contributed by atoms with Crippen LogP contribution in [0.3, 0.4) is 0 Å². The Hall–Kier alpha value is -0.530. The molecule has 3 fully saturated rings. The molecule has 1 N–H and O–H groups in total. The molecule has 3 aliphatic rings. The predicted molar refractivity (Wildman–Crippen MR) is 113 cm³/mol. The van der Waals surface area contributed by atoms with Gasteiger partial charge >= 0.3 is 0 Å². The molecular weight excluding hydrogens is 449 g/mol. The Bertz CT molecular complexity index is 641. The van der Waals surface area contributed by atoms with Gasteiger partial charge in [-0.3, -0.25) is 4.99 Å². The molecule has 25 heavy (non-hydrogen) atoms. The number of benzene rings is 1. The van der Waals surface area contributed by atoms with Gasteiger partial charge in [-0.05, 0) is 43.4 Å². The number of hydrogen-bond acceptors (Lipinski definition) is 2. The first-order valence-corrected chi connectivity index (χ1v) is 9.32. The standard InChI is InChI=1S/C19H26ClN3O.HI/c1-21-17(23-9-7-18(13-23)8-10-24-14-18)22-12-19(5-6-19)15-3-2-4-16(20)11-15;/h2-4,11H,5-10,12-14H2,1H3,(H,21,22);1H. The Kier molecular flexibility index (Phi) is 5.85. The first-order valence-electron chi connectivity index (χ1n) is 8.94. The third kappa shape index (κ3) is 3.93. The van der Waals surface area contributed by atoms with Gasteiger partial charge in [-0.15, -0.1) is 24.0 Å². The molecule has 1 atom stereocenters. The number of hydrogen-bond donors (Lipinski definition) is 1. The second-order valence-corrected chi connectivity index (χ2v) is 8.10. The molecule has 0 amide bonds. The zero-order valence-corrected chi connectivity index (χ0v) is 17.8. The maximum absolute atomic E-state index is 6.18. The molecule has 1 saturated carbocycles. The van der Waals surface area contributed by atoms with E-state index in [1.165, 1.54) is 31.2 Å². The summed E-state index contributed by atoms with van der Waals surface area (Å²) >= 11 is 6.18. The highest BCUT2D eigenvalue weighted by Gasteiger charge is 2.45. The lowest BCUT2D eigenvalue weighted by Crippen LogP contribution is -2.44. The number of guanidine groups is 1. The molecule has 2 saturated heterocycles. The number of halogens is 2. The molecule has 0 aromatic heterocycles. The van der Waals surface area contributed by atoms with Crippen LogP contribution in [-0.2, 0) is 10.2 Å². The average Bonchev–Trinajstić information content (AvgIpc) is 3.06. The van der Waals surface area contributed by atoms with Crippen LogP contribution in [-0.4, -0.2) is 50.8 Å². The van der Waals surface area contributed by atoms with E-state index in [1.807, 2.05) is 13.1 Å². The van der Waals surface area contributed by atoms with Crippen LogP contribution in [0.15, 0.2) is 29.3 Å². The van der Waals surface area contributed by atoms with Gasteiger partial charge in [-0.2, -0.15) is 0 Å². The molecule has 1 aliphatic carbocycles. The maximum atomic E-state index is 6.18. The molecule has 138 valence electrons. The summed E-state index contributed by atoms with van der Waals surface area (Å²) in [6.07, 6.45) is 4.84. The van der Waals surface area contributed by atoms with Crippen LogP contribution >= 0.6 is 35.6 Å². The SMILES string of the molecule is CN=C(NCC1(c2cccc(Cl)c2)CC1)N1CCC2(CCOC2)C1.I. The van der Waals surface area contributed by atoms with Crippen molar-refractivity contribution in [1.82, 2.24) is 10.2 Å². The summed E-state index contributed by atoms with van der Waals surface area (Å²) < 4.78 is 5.64. The first-order chi connectivity index (χ1) is 11.6. The van der Waals surface area contributed by atoms with Crippen LogP contribution in [0.25, 0.3) is 0 Å². The minimum absolute atomic E-state index is 0. The van der Waals surface area contributed by atoms with Crippen LogP contribution in [0.5, 0.6) is 0 Å². The number of likely N-dealkylation sites (tertiary alicyclic amines) is 1. The fraction of sp³-hybridized carbons (Fsp3) is 0.632. The van der Waals surface area contributed by atoms with Gasteiger partial charge in [0.1, 0.15) is 0 Å². The van der Waals surface area contributed by atoms with Crippen molar-refractivity contribution in [1.29, 1.82) is 0 Å². The number of aliphatic imine (C=N–C) groups is 1. The minimum Gasteiger partial charge on any atom is -0.381 e. The maximum Gasteiger partial charge on any atom is 0.193 e. The largest absolute Gasteiger partial charge is 0.381 e. The van der Waals surface area contributed by atoms with Crippen LogP contribution < -0.4 is 5.32 Å².